The van der Waals surface area contributed by atoms with Crippen molar-refractivity contribution in [2.75, 3.05) is 0 Å². The number of carbonyl (C=O) groups excluding carboxylic acids is 1. The Hall–Kier alpha value is -1.41. The zero-order chi connectivity index (χ0) is 11.4. The first kappa shape index (κ1) is 11.7. The van der Waals surface area contributed by atoms with E-state index in [4.69, 9.17) is 5.26 Å². The average Bonchev–Trinajstić information content (AvgIpc) is 2.22. The standard InChI is InChI=1S/C10H9BrN2O2/c1-2-9(14)6-13-5-8(11)3-7(4-12)10(13)15/h3,5H,2,6H2,1H3. The summed E-state index contributed by atoms with van der Waals surface area (Å²) in [6.07, 6.45) is 1.89. The van der Waals surface area contributed by atoms with E-state index in [2.05, 4.69) is 15.9 Å². The van der Waals surface area contributed by atoms with Gasteiger partial charge in [0, 0.05) is 17.1 Å². The van der Waals surface area contributed by atoms with Crippen molar-refractivity contribution in [3.8, 4) is 6.07 Å². The fourth-order valence-corrected chi connectivity index (χ4v) is 1.57. The zero-order valence-corrected chi connectivity index (χ0v) is 9.74. The Balaban J connectivity index is 3.20. The van der Waals surface area contributed by atoms with Gasteiger partial charge in [-0.1, -0.05) is 6.92 Å². The summed E-state index contributed by atoms with van der Waals surface area (Å²) in [5.41, 5.74) is -0.393. The van der Waals surface area contributed by atoms with Crippen molar-refractivity contribution in [2.45, 2.75) is 19.9 Å². The lowest BCUT2D eigenvalue weighted by atomic mass is 10.2. The Morgan fingerprint density at radius 1 is 1.67 bits per heavy atom. The van der Waals surface area contributed by atoms with Crippen LogP contribution in [0.1, 0.15) is 18.9 Å². The molecular weight excluding hydrogens is 260 g/mol. The molecule has 0 saturated carbocycles. The van der Waals surface area contributed by atoms with Gasteiger partial charge in [0.2, 0.25) is 0 Å². The lowest BCUT2D eigenvalue weighted by molar-refractivity contribution is -0.119. The van der Waals surface area contributed by atoms with Gasteiger partial charge in [-0.3, -0.25) is 9.59 Å². The Kier molecular flexibility index (Phi) is 3.81. The van der Waals surface area contributed by atoms with Crippen LogP contribution >= 0.6 is 15.9 Å². The molecule has 4 nitrogen and oxygen atoms in total. The third kappa shape index (κ3) is 2.77. The van der Waals surface area contributed by atoms with Crippen molar-refractivity contribution < 1.29 is 4.79 Å². The maximum Gasteiger partial charge on any atom is 0.268 e. The highest BCUT2D eigenvalue weighted by Crippen LogP contribution is 2.08. The predicted octanol–water partition coefficient (Wildman–Crippen LogP) is 1.46. The number of rotatable bonds is 3. The number of pyridine rings is 1. The summed E-state index contributed by atoms with van der Waals surface area (Å²) in [6.45, 7) is 1.75. The van der Waals surface area contributed by atoms with Gasteiger partial charge in [0.15, 0.2) is 5.78 Å². The number of Topliss-reactive ketones (excluding diaryl/α,β-unsaturated/α-hetero) is 1. The highest BCUT2D eigenvalue weighted by Gasteiger charge is 2.07. The molecule has 1 aromatic rings. The van der Waals surface area contributed by atoms with Gasteiger partial charge in [-0.25, -0.2) is 0 Å². The second kappa shape index (κ2) is 4.89. The maximum atomic E-state index is 11.6. The molecule has 0 spiro atoms. The molecule has 5 heteroatoms. The van der Waals surface area contributed by atoms with Crippen molar-refractivity contribution in [2.24, 2.45) is 0 Å². The highest BCUT2D eigenvalue weighted by atomic mass is 79.9. The molecule has 78 valence electrons. The van der Waals surface area contributed by atoms with E-state index in [0.717, 1.165) is 0 Å². The van der Waals surface area contributed by atoms with Crippen molar-refractivity contribution in [1.82, 2.24) is 4.57 Å². The molecule has 15 heavy (non-hydrogen) atoms. The Morgan fingerprint density at radius 2 is 2.33 bits per heavy atom. The zero-order valence-electron chi connectivity index (χ0n) is 8.16. The molecule has 0 aliphatic rings. The first-order valence-corrected chi connectivity index (χ1v) is 5.19. The molecule has 1 rings (SSSR count). The fourth-order valence-electron chi connectivity index (χ4n) is 1.10. The molecule has 1 aromatic heterocycles. The van der Waals surface area contributed by atoms with Gasteiger partial charge >= 0.3 is 0 Å². The summed E-state index contributed by atoms with van der Waals surface area (Å²) in [6, 6.07) is 3.23. The number of carbonyl (C=O) groups is 1. The normalized spacial score (nSPS) is 9.67. The molecule has 0 saturated heterocycles. The number of halogens is 1. The van der Waals surface area contributed by atoms with E-state index in [9.17, 15) is 9.59 Å². The molecule has 0 amide bonds. The predicted molar refractivity (Wildman–Crippen MR) is 58.4 cm³/mol. The van der Waals surface area contributed by atoms with Crippen LogP contribution in [0.2, 0.25) is 0 Å². The van der Waals surface area contributed by atoms with Crippen LogP contribution in [0.4, 0.5) is 0 Å². The van der Waals surface area contributed by atoms with Crippen molar-refractivity contribution in [1.29, 1.82) is 5.26 Å². The van der Waals surface area contributed by atoms with E-state index in [1.54, 1.807) is 13.0 Å². The Labute approximate surface area is 95.3 Å². The summed E-state index contributed by atoms with van der Waals surface area (Å²) in [5, 5.41) is 8.69. The van der Waals surface area contributed by atoms with Crippen LogP contribution in [0.5, 0.6) is 0 Å². The quantitative estimate of drug-likeness (QED) is 0.834. The van der Waals surface area contributed by atoms with Crippen LogP contribution in [0.3, 0.4) is 0 Å². The van der Waals surface area contributed by atoms with Gasteiger partial charge in [0.05, 0.1) is 6.54 Å². The summed E-state index contributed by atoms with van der Waals surface area (Å²) >= 11 is 3.18. The summed E-state index contributed by atoms with van der Waals surface area (Å²) in [7, 11) is 0. The molecule has 0 aliphatic heterocycles. The second-order valence-corrected chi connectivity index (χ2v) is 3.92. The second-order valence-electron chi connectivity index (χ2n) is 3.01. The van der Waals surface area contributed by atoms with Crippen LogP contribution in [0.25, 0.3) is 0 Å². The molecule has 0 fully saturated rings. The highest BCUT2D eigenvalue weighted by molar-refractivity contribution is 9.10. The van der Waals surface area contributed by atoms with E-state index in [1.165, 1.54) is 16.8 Å². The van der Waals surface area contributed by atoms with Gasteiger partial charge in [0.25, 0.3) is 5.56 Å². The molecule has 1 heterocycles. The SMILES string of the molecule is CCC(=O)Cn1cc(Br)cc(C#N)c1=O. The minimum Gasteiger partial charge on any atom is -0.306 e. The molecule has 0 unspecified atom stereocenters. The first-order valence-electron chi connectivity index (χ1n) is 4.40. The summed E-state index contributed by atoms with van der Waals surface area (Å²) in [4.78, 5) is 22.8. The molecular formula is C10H9BrN2O2. The van der Waals surface area contributed by atoms with E-state index in [0.29, 0.717) is 10.9 Å². The molecule has 0 radical (unpaired) electrons. The smallest absolute Gasteiger partial charge is 0.268 e. The van der Waals surface area contributed by atoms with Crippen molar-refractivity contribution in [3.63, 3.8) is 0 Å². The van der Waals surface area contributed by atoms with E-state index < -0.39 is 5.56 Å². The molecule has 0 atom stereocenters. The van der Waals surface area contributed by atoms with Crippen LogP contribution < -0.4 is 5.56 Å². The topological polar surface area (TPSA) is 62.9 Å². The lowest BCUT2D eigenvalue weighted by Crippen LogP contribution is -2.25. The van der Waals surface area contributed by atoms with Gasteiger partial charge in [-0.2, -0.15) is 5.26 Å². The van der Waals surface area contributed by atoms with Crippen LogP contribution in [0, 0.1) is 11.3 Å². The largest absolute Gasteiger partial charge is 0.306 e. The Bertz CT molecular complexity index is 485. The lowest BCUT2D eigenvalue weighted by Gasteiger charge is -2.04. The third-order valence-corrected chi connectivity index (χ3v) is 2.35. The summed E-state index contributed by atoms with van der Waals surface area (Å²) < 4.78 is 1.86. The van der Waals surface area contributed by atoms with Crippen LogP contribution in [-0.4, -0.2) is 10.4 Å². The molecule has 0 N–H and O–H groups in total. The average molecular weight is 269 g/mol. The minimum absolute atomic E-state index is 0.0173. The molecule has 0 aliphatic carbocycles. The third-order valence-electron chi connectivity index (χ3n) is 1.91. The first-order chi connectivity index (χ1) is 7.08. The number of hydrogen-bond donors (Lipinski definition) is 0. The van der Waals surface area contributed by atoms with Gasteiger partial charge < -0.3 is 4.57 Å². The number of hydrogen-bond acceptors (Lipinski definition) is 3. The van der Waals surface area contributed by atoms with Gasteiger partial charge in [0.1, 0.15) is 11.6 Å². The van der Waals surface area contributed by atoms with Crippen molar-refractivity contribution in [3.05, 3.63) is 32.7 Å². The van der Waals surface area contributed by atoms with Crippen LogP contribution in [0.15, 0.2) is 21.5 Å². The Morgan fingerprint density at radius 3 is 2.87 bits per heavy atom. The van der Waals surface area contributed by atoms with E-state index in [1.807, 2.05) is 0 Å². The number of aromatic nitrogens is 1. The van der Waals surface area contributed by atoms with E-state index in [-0.39, 0.29) is 17.9 Å². The van der Waals surface area contributed by atoms with Crippen molar-refractivity contribution >= 4 is 21.7 Å². The molecule has 0 bridgehead atoms. The van der Waals surface area contributed by atoms with Gasteiger partial charge in [-0.05, 0) is 22.0 Å². The number of nitrogens with zero attached hydrogens (tertiary/aromatic N) is 2. The molecule has 0 aromatic carbocycles. The monoisotopic (exact) mass is 268 g/mol. The number of ketones is 1. The fraction of sp³-hybridized carbons (Fsp3) is 0.300. The number of nitriles is 1. The van der Waals surface area contributed by atoms with Crippen LogP contribution in [-0.2, 0) is 11.3 Å². The van der Waals surface area contributed by atoms with E-state index >= 15 is 0 Å². The summed E-state index contributed by atoms with van der Waals surface area (Å²) in [5.74, 6) is -0.0425. The minimum atomic E-state index is -0.428. The van der Waals surface area contributed by atoms with Gasteiger partial charge in [-0.15, -0.1) is 0 Å². The maximum absolute atomic E-state index is 11.6.